The number of rotatable bonds is 5. The Bertz CT molecular complexity index is 1590. The number of carbonyl (C=O) groups excluding carboxylic acids is 2. The fourth-order valence-corrected chi connectivity index (χ4v) is 5.77. The number of para-hydroxylation sites is 1. The summed E-state index contributed by atoms with van der Waals surface area (Å²) in [6.45, 7) is 3.37. The summed E-state index contributed by atoms with van der Waals surface area (Å²) in [6.07, 6.45) is 0. The Morgan fingerprint density at radius 3 is 2.54 bits per heavy atom. The van der Waals surface area contributed by atoms with Crippen molar-refractivity contribution in [3.8, 4) is 16.9 Å². The first-order valence-corrected chi connectivity index (χ1v) is 14.0. The molecule has 6 rings (SSSR count). The molecule has 0 bridgehead atoms. The van der Waals surface area contributed by atoms with Gasteiger partial charge in [-0.05, 0) is 59.2 Å². The minimum Gasteiger partial charge on any atom is -0.497 e. The molecule has 2 amide bonds. The van der Waals surface area contributed by atoms with E-state index >= 15 is 0 Å². The SMILES string of the molecule is COc1ccc(-c2ccccc2C(=O)Nc2ccc(C(=O)N3C[C@H]4COCCN4Cc4ccccc43)c(Cl)c2)cc1. The lowest BCUT2D eigenvalue weighted by Gasteiger charge is -2.35. The van der Waals surface area contributed by atoms with E-state index in [1.807, 2.05) is 60.7 Å². The molecule has 41 heavy (non-hydrogen) atoms. The van der Waals surface area contributed by atoms with Crippen LogP contribution in [0.3, 0.4) is 0 Å². The van der Waals surface area contributed by atoms with Crippen molar-refractivity contribution in [1.82, 2.24) is 4.90 Å². The molecule has 4 aromatic carbocycles. The van der Waals surface area contributed by atoms with Crippen LogP contribution in [0.2, 0.25) is 5.02 Å². The van der Waals surface area contributed by atoms with Crippen LogP contribution >= 0.6 is 11.6 Å². The highest BCUT2D eigenvalue weighted by Crippen LogP contribution is 2.32. The molecule has 0 saturated carbocycles. The van der Waals surface area contributed by atoms with Crippen molar-refractivity contribution in [2.24, 2.45) is 0 Å². The standard InChI is InChI=1S/C33H30ClN3O4/c1-40-26-13-10-22(11-14-26)27-7-3-4-8-28(27)32(38)35-24-12-15-29(30(34)18-24)33(39)37-20-25-21-41-17-16-36(25)19-23-6-2-5-9-31(23)37/h2-15,18,25H,16-17,19-21H2,1H3,(H,35,38)/t25-/m0/s1. The number of morpholine rings is 1. The first-order valence-electron chi connectivity index (χ1n) is 13.6. The molecule has 1 saturated heterocycles. The van der Waals surface area contributed by atoms with E-state index in [2.05, 4.69) is 16.3 Å². The van der Waals surface area contributed by atoms with E-state index in [4.69, 9.17) is 21.1 Å². The maximum absolute atomic E-state index is 13.9. The Hall–Kier alpha value is -4.17. The molecular weight excluding hydrogens is 538 g/mol. The van der Waals surface area contributed by atoms with Crippen molar-refractivity contribution in [2.45, 2.75) is 12.6 Å². The highest BCUT2D eigenvalue weighted by Gasteiger charge is 2.33. The number of fused-ring (bicyclic) bond motifs is 2. The van der Waals surface area contributed by atoms with E-state index < -0.39 is 0 Å². The molecule has 2 aliphatic rings. The van der Waals surface area contributed by atoms with Crippen molar-refractivity contribution in [3.05, 3.63) is 113 Å². The summed E-state index contributed by atoms with van der Waals surface area (Å²) in [5.74, 6) is 0.288. The highest BCUT2D eigenvalue weighted by molar-refractivity contribution is 6.35. The highest BCUT2D eigenvalue weighted by atomic mass is 35.5. The van der Waals surface area contributed by atoms with Crippen molar-refractivity contribution in [2.75, 3.05) is 43.6 Å². The summed E-state index contributed by atoms with van der Waals surface area (Å²) in [4.78, 5) is 31.4. The van der Waals surface area contributed by atoms with Gasteiger partial charge in [0.25, 0.3) is 11.8 Å². The number of hydrogen-bond donors (Lipinski definition) is 1. The zero-order chi connectivity index (χ0) is 28.3. The molecule has 2 heterocycles. The first-order chi connectivity index (χ1) is 20.0. The molecule has 0 radical (unpaired) electrons. The second-order valence-corrected chi connectivity index (χ2v) is 10.6. The van der Waals surface area contributed by atoms with Crippen LogP contribution in [0, 0.1) is 0 Å². The molecule has 7 nitrogen and oxygen atoms in total. The van der Waals surface area contributed by atoms with Gasteiger partial charge in [0.2, 0.25) is 0 Å². The van der Waals surface area contributed by atoms with E-state index in [0.717, 1.165) is 41.2 Å². The van der Waals surface area contributed by atoms with Gasteiger partial charge < -0.3 is 19.7 Å². The number of carbonyl (C=O) groups is 2. The number of ether oxygens (including phenoxy) is 2. The molecule has 4 aromatic rings. The van der Waals surface area contributed by atoms with Gasteiger partial charge in [-0.25, -0.2) is 0 Å². The smallest absolute Gasteiger partial charge is 0.259 e. The summed E-state index contributed by atoms with van der Waals surface area (Å²) in [5, 5.41) is 3.22. The molecule has 1 fully saturated rings. The fraction of sp³-hybridized carbons (Fsp3) is 0.212. The van der Waals surface area contributed by atoms with Crippen LogP contribution in [0.1, 0.15) is 26.3 Å². The number of nitrogens with zero attached hydrogens (tertiary/aromatic N) is 2. The van der Waals surface area contributed by atoms with Gasteiger partial charge >= 0.3 is 0 Å². The number of anilines is 2. The summed E-state index contributed by atoms with van der Waals surface area (Å²) in [7, 11) is 1.62. The summed E-state index contributed by atoms with van der Waals surface area (Å²) in [6, 6.07) is 28.1. The Morgan fingerprint density at radius 2 is 1.73 bits per heavy atom. The molecule has 0 unspecified atom stereocenters. The van der Waals surface area contributed by atoms with Gasteiger partial charge in [-0.3, -0.25) is 14.5 Å². The van der Waals surface area contributed by atoms with E-state index in [0.29, 0.717) is 36.6 Å². The van der Waals surface area contributed by atoms with Crippen molar-refractivity contribution < 1.29 is 19.1 Å². The number of benzene rings is 4. The second kappa shape index (κ2) is 11.7. The zero-order valence-electron chi connectivity index (χ0n) is 22.7. The van der Waals surface area contributed by atoms with Gasteiger partial charge in [-0.15, -0.1) is 0 Å². The fourth-order valence-electron chi connectivity index (χ4n) is 5.51. The third-order valence-corrected chi connectivity index (χ3v) is 7.99. The maximum atomic E-state index is 13.9. The van der Waals surface area contributed by atoms with Gasteiger partial charge in [0, 0.05) is 36.6 Å². The lowest BCUT2D eigenvalue weighted by atomic mass is 9.99. The van der Waals surface area contributed by atoms with Crippen molar-refractivity contribution >= 4 is 34.8 Å². The molecule has 2 aliphatic heterocycles. The summed E-state index contributed by atoms with van der Waals surface area (Å²) < 4.78 is 11.0. The first kappa shape index (κ1) is 27.0. The van der Waals surface area contributed by atoms with Crippen LogP contribution in [0.4, 0.5) is 11.4 Å². The van der Waals surface area contributed by atoms with Crippen molar-refractivity contribution in [1.29, 1.82) is 0 Å². The van der Waals surface area contributed by atoms with Crippen LogP contribution in [-0.4, -0.2) is 56.2 Å². The largest absolute Gasteiger partial charge is 0.497 e. The van der Waals surface area contributed by atoms with Gasteiger partial charge in [0.1, 0.15) is 5.75 Å². The minimum absolute atomic E-state index is 0.100. The molecule has 0 aliphatic carbocycles. The predicted octanol–water partition coefficient (Wildman–Crippen LogP) is 6.13. The minimum atomic E-state index is -0.273. The van der Waals surface area contributed by atoms with E-state index in [1.165, 1.54) is 0 Å². The summed E-state index contributed by atoms with van der Waals surface area (Å²) in [5.41, 5.74) is 5.08. The van der Waals surface area contributed by atoms with E-state index in [1.54, 1.807) is 36.3 Å². The molecule has 8 heteroatoms. The average Bonchev–Trinajstić information content (AvgIpc) is 3.18. The average molecular weight is 568 g/mol. The Balaban J connectivity index is 1.24. The number of hydrogen-bond acceptors (Lipinski definition) is 5. The van der Waals surface area contributed by atoms with Gasteiger partial charge in [0.05, 0.1) is 37.0 Å². The molecule has 1 atom stereocenters. The van der Waals surface area contributed by atoms with E-state index in [-0.39, 0.29) is 22.9 Å². The monoisotopic (exact) mass is 567 g/mol. The zero-order valence-corrected chi connectivity index (χ0v) is 23.4. The Labute approximate surface area is 244 Å². The van der Waals surface area contributed by atoms with Crippen molar-refractivity contribution in [3.63, 3.8) is 0 Å². The molecule has 0 spiro atoms. The predicted molar refractivity (Wildman–Crippen MR) is 161 cm³/mol. The summed E-state index contributed by atoms with van der Waals surface area (Å²) >= 11 is 6.69. The third kappa shape index (κ3) is 5.57. The van der Waals surface area contributed by atoms with Gasteiger partial charge in [-0.2, -0.15) is 0 Å². The second-order valence-electron chi connectivity index (χ2n) is 10.2. The van der Waals surface area contributed by atoms with Crippen LogP contribution in [0.15, 0.2) is 91.0 Å². The molecule has 208 valence electrons. The number of nitrogens with one attached hydrogen (secondary N) is 1. The van der Waals surface area contributed by atoms with Crippen LogP contribution in [-0.2, 0) is 11.3 Å². The number of halogens is 1. The maximum Gasteiger partial charge on any atom is 0.259 e. The van der Waals surface area contributed by atoms with E-state index in [9.17, 15) is 9.59 Å². The quantitative estimate of drug-likeness (QED) is 0.314. The Kier molecular flexibility index (Phi) is 7.74. The normalized spacial score (nSPS) is 16.7. The molecule has 1 N–H and O–H groups in total. The van der Waals surface area contributed by atoms with Gasteiger partial charge in [0.15, 0.2) is 0 Å². The molecular formula is C33H30ClN3O4. The number of methoxy groups -OCH3 is 1. The number of amides is 2. The lowest BCUT2D eigenvalue weighted by Crippen LogP contribution is -2.50. The Morgan fingerprint density at radius 1 is 0.951 bits per heavy atom. The molecule has 0 aromatic heterocycles. The van der Waals surface area contributed by atoms with Crippen LogP contribution < -0.4 is 15.0 Å². The third-order valence-electron chi connectivity index (χ3n) is 7.67. The van der Waals surface area contributed by atoms with Crippen LogP contribution in [0.5, 0.6) is 5.75 Å². The topological polar surface area (TPSA) is 71.1 Å². The van der Waals surface area contributed by atoms with Crippen LogP contribution in [0.25, 0.3) is 11.1 Å². The lowest BCUT2D eigenvalue weighted by molar-refractivity contribution is -0.00653. The van der Waals surface area contributed by atoms with Gasteiger partial charge in [-0.1, -0.05) is 60.1 Å².